The van der Waals surface area contributed by atoms with Crippen LogP contribution in [0.15, 0.2) is 103 Å². The molecular weight excluding hydrogens is 598 g/mol. The Kier molecular flexibility index (Phi) is 7.72. The molecule has 2 fully saturated rings. The molecule has 3 aromatic carbocycles. The van der Waals surface area contributed by atoms with Gasteiger partial charge in [0.25, 0.3) is 0 Å². The maximum atomic E-state index is 15.1. The fraction of sp³-hybridized carbons (Fsp3) is 0.289. The van der Waals surface area contributed by atoms with Crippen molar-refractivity contribution in [3.63, 3.8) is 0 Å². The molecule has 1 aliphatic heterocycles. The highest BCUT2D eigenvalue weighted by Gasteiger charge is 2.66. The summed E-state index contributed by atoms with van der Waals surface area (Å²) >= 11 is 0. The number of carbonyl (C=O) groups is 5. The van der Waals surface area contributed by atoms with Crippen molar-refractivity contribution in [1.29, 1.82) is 0 Å². The lowest BCUT2D eigenvalue weighted by atomic mass is 9.44. The second kappa shape index (κ2) is 11.9. The van der Waals surface area contributed by atoms with Crippen LogP contribution in [0, 0.1) is 23.7 Å². The average Bonchev–Trinajstić information content (AvgIpc) is 3.37. The number of para-hydroxylation sites is 1. The van der Waals surface area contributed by atoms with Crippen molar-refractivity contribution in [3.8, 4) is 5.75 Å². The second-order valence-electron chi connectivity index (χ2n) is 12.4. The molecule has 9 heteroatoms. The Bertz CT molecular complexity index is 1850. The van der Waals surface area contributed by atoms with E-state index in [2.05, 4.69) is 0 Å². The summed E-state index contributed by atoms with van der Waals surface area (Å²) in [7, 11) is 1.12. The van der Waals surface area contributed by atoms with Crippen molar-refractivity contribution in [2.75, 3.05) is 20.3 Å². The van der Waals surface area contributed by atoms with E-state index in [1.165, 1.54) is 6.08 Å². The standard InChI is InChI=1S/C38H33NO8/c1-46-37(45)39-35(43)26-17-16-24-28(32(26)36(39)44)20-29-34(42)27(22-10-4-2-5-11-22)21-31(41)38(29,23-12-6-3-7-13-23)33(24)25-14-8-9-15-30(25)47-19-18-40/h2-16,21,26,28-29,32-33,40H,17-20H2,1H3. The molecule has 6 unspecified atom stereocenters. The van der Waals surface area contributed by atoms with E-state index in [-0.39, 0.29) is 37.6 Å². The van der Waals surface area contributed by atoms with Gasteiger partial charge in [-0.3, -0.25) is 19.2 Å². The first kappa shape index (κ1) is 30.5. The highest BCUT2D eigenvalue weighted by atomic mass is 16.5. The first-order valence-corrected chi connectivity index (χ1v) is 15.7. The molecule has 1 heterocycles. The lowest BCUT2D eigenvalue weighted by Gasteiger charge is -2.55. The summed E-state index contributed by atoms with van der Waals surface area (Å²) in [4.78, 5) is 70.6. The van der Waals surface area contributed by atoms with E-state index in [0.717, 1.165) is 12.7 Å². The van der Waals surface area contributed by atoms with Gasteiger partial charge in [0.05, 0.1) is 31.0 Å². The van der Waals surface area contributed by atoms with Gasteiger partial charge in [-0.15, -0.1) is 0 Å². The molecule has 4 aliphatic rings. The topological polar surface area (TPSA) is 127 Å². The number of amides is 3. The fourth-order valence-corrected chi connectivity index (χ4v) is 8.50. The lowest BCUT2D eigenvalue weighted by Crippen LogP contribution is -2.59. The maximum absolute atomic E-state index is 15.1. The van der Waals surface area contributed by atoms with Crippen molar-refractivity contribution in [2.45, 2.75) is 24.2 Å². The largest absolute Gasteiger partial charge is 0.491 e. The number of aliphatic hydroxyl groups is 1. The van der Waals surface area contributed by atoms with E-state index in [0.29, 0.717) is 32.9 Å². The molecular formula is C38H33NO8. The number of allylic oxidation sites excluding steroid dienone is 4. The third kappa shape index (κ3) is 4.52. The van der Waals surface area contributed by atoms with Crippen molar-refractivity contribution in [1.82, 2.24) is 4.90 Å². The minimum Gasteiger partial charge on any atom is -0.491 e. The van der Waals surface area contributed by atoms with E-state index in [1.807, 2.05) is 66.7 Å². The summed E-state index contributed by atoms with van der Waals surface area (Å²) in [6.45, 7) is -0.230. The number of rotatable bonds is 6. The van der Waals surface area contributed by atoms with Crippen LogP contribution in [0.3, 0.4) is 0 Å². The number of hydrogen-bond acceptors (Lipinski definition) is 8. The predicted molar refractivity (Wildman–Crippen MR) is 170 cm³/mol. The first-order valence-electron chi connectivity index (χ1n) is 15.7. The van der Waals surface area contributed by atoms with Gasteiger partial charge in [0, 0.05) is 23.0 Å². The zero-order valence-corrected chi connectivity index (χ0v) is 25.7. The molecule has 7 rings (SSSR count). The van der Waals surface area contributed by atoms with Crippen LogP contribution < -0.4 is 4.74 Å². The lowest BCUT2D eigenvalue weighted by molar-refractivity contribution is -0.138. The molecule has 1 N–H and O–H groups in total. The quantitative estimate of drug-likeness (QED) is 0.308. The van der Waals surface area contributed by atoms with Crippen LogP contribution in [0.1, 0.15) is 35.4 Å². The summed E-state index contributed by atoms with van der Waals surface area (Å²) in [5.41, 5.74) is 1.52. The second-order valence-corrected chi connectivity index (χ2v) is 12.4. The number of nitrogens with zero attached hydrogens (tertiary/aromatic N) is 1. The van der Waals surface area contributed by atoms with Crippen LogP contribution in [-0.4, -0.2) is 59.8 Å². The summed E-state index contributed by atoms with van der Waals surface area (Å²) in [6.07, 6.45) is 2.62. The molecule has 3 aliphatic carbocycles. The molecule has 9 nitrogen and oxygen atoms in total. The third-order valence-electron chi connectivity index (χ3n) is 10.3. The number of imide groups is 3. The van der Waals surface area contributed by atoms with Gasteiger partial charge in [0.1, 0.15) is 12.4 Å². The van der Waals surface area contributed by atoms with E-state index in [1.54, 1.807) is 24.3 Å². The number of fused-ring (bicyclic) bond motifs is 4. The maximum Gasteiger partial charge on any atom is 0.423 e. The SMILES string of the molecule is COC(=O)N1C(=O)C2CC=C3C(CC4C(=O)C(c5ccccc5)=CC(=O)C4(c4ccccc4)C3c3ccccc3OCCO)C2C1=O. The molecule has 0 bridgehead atoms. The number of Topliss-reactive ketones (excluding diaryl/α,β-unsaturated/α-hetero) is 1. The van der Waals surface area contributed by atoms with E-state index < -0.39 is 52.9 Å². The van der Waals surface area contributed by atoms with Crippen LogP contribution in [0.2, 0.25) is 0 Å². The van der Waals surface area contributed by atoms with Crippen molar-refractivity contribution in [2.24, 2.45) is 23.7 Å². The minimum absolute atomic E-state index is 0.00465. The Labute approximate surface area is 271 Å². The van der Waals surface area contributed by atoms with Crippen LogP contribution in [0.25, 0.3) is 5.57 Å². The minimum atomic E-state index is -1.42. The van der Waals surface area contributed by atoms with Crippen LogP contribution in [0.4, 0.5) is 4.79 Å². The highest BCUT2D eigenvalue weighted by Crippen LogP contribution is 2.64. The van der Waals surface area contributed by atoms with Crippen LogP contribution in [0.5, 0.6) is 5.75 Å². The molecule has 3 amide bonds. The first-order chi connectivity index (χ1) is 22.8. The molecule has 1 saturated carbocycles. The van der Waals surface area contributed by atoms with Crippen molar-refractivity contribution < 1.29 is 38.6 Å². The molecule has 6 atom stereocenters. The molecule has 0 aromatic heterocycles. The normalized spacial score (nSPS) is 28.1. The molecule has 47 heavy (non-hydrogen) atoms. The number of likely N-dealkylation sites (tertiary alicyclic amines) is 1. The average molecular weight is 632 g/mol. The monoisotopic (exact) mass is 631 g/mol. The third-order valence-corrected chi connectivity index (χ3v) is 10.3. The number of ether oxygens (including phenoxy) is 2. The highest BCUT2D eigenvalue weighted by molar-refractivity contribution is 6.31. The number of ketones is 2. The molecule has 3 aromatic rings. The van der Waals surface area contributed by atoms with Gasteiger partial charge in [-0.25, -0.2) is 4.79 Å². The zero-order chi connectivity index (χ0) is 32.9. The van der Waals surface area contributed by atoms with Gasteiger partial charge >= 0.3 is 6.09 Å². The summed E-state index contributed by atoms with van der Waals surface area (Å²) in [6, 6.07) is 25.5. The summed E-state index contributed by atoms with van der Waals surface area (Å²) < 4.78 is 10.8. The van der Waals surface area contributed by atoms with Gasteiger partial charge in [0.2, 0.25) is 11.8 Å². The van der Waals surface area contributed by atoms with E-state index in [4.69, 9.17) is 9.47 Å². The van der Waals surface area contributed by atoms with Crippen molar-refractivity contribution >= 4 is 35.0 Å². The number of carbonyl (C=O) groups excluding carboxylic acids is 5. The van der Waals surface area contributed by atoms with Gasteiger partial charge in [-0.05, 0) is 42.0 Å². The van der Waals surface area contributed by atoms with Crippen molar-refractivity contribution in [3.05, 3.63) is 119 Å². The summed E-state index contributed by atoms with van der Waals surface area (Å²) in [5.74, 6) is -5.39. The van der Waals surface area contributed by atoms with E-state index in [9.17, 15) is 24.3 Å². The van der Waals surface area contributed by atoms with Crippen LogP contribution >= 0.6 is 0 Å². The van der Waals surface area contributed by atoms with Crippen LogP contribution in [-0.2, 0) is 29.3 Å². The van der Waals surface area contributed by atoms with Gasteiger partial charge in [-0.2, -0.15) is 4.90 Å². The smallest absolute Gasteiger partial charge is 0.423 e. The van der Waals surface area contributed by atoms with Gasteiger partial charge in [-0.1, -0.05) is 90.5 Å². The molecule has 0 spiro atoms. The number of benzene rings is 3. The summed E-state index contributed by atoms with van der Waals surface area (Å²) in [5, 5.41) is 9.64. The Hall–Kier alpha value is -5.15. The Morgan fingerprint density at radius 3 is 2.28 bits per heavy atom. The Balaban J connectivity index is 1.50. The number of aliphatic hydroxyl groups excluding tert-OH is 1. The Morgan fingerprint density at radius 1 is 0.894 bits per heavy atom. The Morgan fingerprint density at radius 2 is 1.57 bits per heavy atom. The van der Waals surface area contributed by atoms with Gasteiger partial charge < -0.3 is 14.6 Å². The molecule has 1 saturated heterocycles. The molecule has 238 valence electrons. The zero-order valence-electron chi connectivity index (χ0n) is 25.7. The number of hydrogen-bond donors (Lipinski definition) is 1. The molecule has 0 radical (unpaired) electrons. The van der Waals surface area contributed by atoms with E-state index >= 15 is 4.79 Å². The van der Waals surface area contributed by atoms with Gasteiger partial charge in [0.15, 0.2) is 11.6 Å². The fourth-order valence-electron chi connectivity index (χ4n) is 8.50. The predicted octanol–water partition coefficient (Wildman–Crippen LogP) is 4.65. The number of methoxy groups -OCH3 is 1.